The van der Waals surface area contributed by atoms with Crippen molar-refractivity contribution in [3.8, 4) is 6.07 Å². The van der Waals surface area contributed by atoms with Gasteiger partial charge in [0.15, 0.2) is 5.83 Å². The molecule has 2 aromatic rings. The van der Waals surface area contributed by atoms with Crippen molar-refractivity contribution in [1.29, 1.82) is 5.26 Å². The highest BCUT2D eigenvalue weighted by molar-refractivity contribution is 5.61. The zero-order chi connectivity index (χ0) is 18.9. The van der Waals surface area contributed by atoms with Gasteiger partial charge < -0.3 is 0 Å². The number of aryl methyl sites for hydroxylation is 2. The number of rotatable bonds is 8. The van der Waals surface area contributed by atoms with Gasteiger partial charge in [0, 0.05) is 12.0 Å². The Hall–Kier alpha value is -2.54. The third-order valence-corrected chi connectivity index (χ3v) is 4.30. The fourth-order valence-electron chi connectivity index (χ4n) is 2.71. The summed E-state index contributed by atoms with van der Waals surface area (Å²) in [5.41, 5.74) is 2.02. The van der Waals surface area contributed by atoms with Crippen molar-refractivity contribution < 1.29 is 13.2 Å². The highest BCUT2D eigenvalue weighted by atomic mass is 19.2. The van der Waals surface area contributed by atoms with Gasteiger partial charge in [-0.15, -0.1) is 0 Å². The molecule has 0 amide bonds. The number of hydrogen-bond donors (Lipinski definition) is 0. The van der Waals surface area contributed by atoms with E-state index < -0.39 is 17.5 Å². The van der Waals surface area contributed by atoms with Gasteiger partial charge in [0.05, 0.1) is 5.56 Å². The van der Waals surface area contributed by atoms with Gasteiger partial charge in [-0.1, -0.05) is 50.1 Å². The molecule has 0 saturated carbocycles. The van der Waals surface area contributed by atoms with Crippen LogP contribution in [-0.4, -0.2) is 0 Å². The average Bonchev–Trinajstić information content (AvgIpc) is 2.66. The molecule has 4 heteroatoms. The molecule has 136 valence electrons. The Balaban J connectivity index is 1.98. The summed E-state index contributed by atoms with van der Waals surface area (Å²) >= 11 is 0. The first-order valence-electron chi connectivity index (χ1n) is 8.87. The second-order valence-electron chi connectivity index (χ2n) is 6.30. The number of halogens is 3. The minimum atomic E-state index is -0.790. The Kier molecular flexibility index (Phi) is 7.47. The number of nitriles is 1. The van der Waals surface area contributed by atoms with Crippen molar-refractivity contribution in [2.45, 2.75) is 45.4 Å². The molecular weight excluding hydrogens is 335 g/mol. The summed E-state index contributed by atoms with van der Waals surface area (Å²) in [4.78, 5) is 0. The van der Waals surface area contributed by atoms with Crippen molar-refractivity contribution in [2.75, 3.05) is 0 Å². The van der Waals surface area contributed by atoms with Crippen LogP contribution in [-0.2, 0) is 12.8 Å². The Labute approximate surface area is 152 Å². The first-order valence-corrected chi connectivity index (χ1v) is 8.87. The molecule has 2 aromatic carbocycles. The van der Waals surface area contributed by atoms with E-state index in [0.29, 0.717) is 19.3 Å². The van der Waals surface area contributed by atoms with E-state index in [1.807, 2.05) is 6.92 Å². The number of allylic oxidation sites excluding steroid dienone is 1. The third-order valence-electron chi connectivity index (χ3n) is 4.30. The zero-order valence-electron chi connectivity index (χ0n) is 14.9. The topological polar surface area (TPSA) is 23.8 Å². The fourth-order valence-corrected chi connectivity index (χ4v) is 2.71. The van der Waals surface area contributed by atoms with E-state index in [0.717, 1.165) is 24.0 Å². The van der Waals surface area contributed by atoms with Crippen LogP contribution in [0.25, 0.3) is 5.83 Å². The molecule has 0 heterocycles. The van der Waals surface area contributed by atoms with Crippen LogP contribution >= 0.6 is 0 Å². The maximum Gasteiger partial charge on any atom is 0.161 e. The molecule has 0 saturated heterocycles. The smallest absolute Gasteiger partial charge is 0.161 e. The molecular formula is C22H22F3N. The molecule has 0 fully saturated rings. The lowest BCUT2D eigenvalue weighted by Gasteiger charge is -2.06. The van der Waals surface area contributed by atoms with Gasteiger partial charge >= 0.3 is 0 Å². The van der Waals surface area contributed by atoms with Crippen molar-refractivity contribution in [3.05, 3.63) is 76.4 Å². The number of unbranched alkanes of at least 4 members (excludes halogenated alkanes) is 2. The Morgan fingerprint density at radius 3 is 2.23 bits per heavy atom. The van der Waals surface area contributed by atoms with Gasteiger partial charge in [0.1, 0.15) is 17.7 Å². The number of nitrogens with zero attached hydrogens (tertiary/aromatic N) is 1. The minimum Gasteiger partial charge on any atom is -0.209 e. The summed E-state index contributed by atoms with van der Waals surface area (Å²) < 4.78 is 41.5. The minimum absolute atomic E-state index is 0.0290. The highest BCUT2D eigenvalue weighted by Crippen LogP contribution is 2.25. The maximum atomic E-state index is 14.1. The largest absolute Gasteiger partial charge is 0.209 e. The molecule has 0 spiro atoms. The first-order chi connectivity index (χ1) is 12.5. The van der Waals surface area contributed by atoms with Crippen molar-refractivity contribution in [2.24, 2.45) is 0 Å². The fraction of sp³-hybridized carbons (Fsp3) is 0.318. The zero-order valence-corrected chi connectivity index (χ0v) is 14.9. The lowest BCUT2D eigenvalue weighted by Crippen LogP contribution is -1.94. The van der Waals surface area contributed by atoms with Crippen molar-refractivity contribution in [3.63, 3.8) is 0 Å². The van der Waals surface area contributed by atoms with Crippen LogP contribution in [0.2, 0.25) is 0 Å². The van der Waals surface area contributed by atoms with Crippen molar-refractivity contribution >= 4 is 5.83 Å². The van der Waals surface area contributed by atoms with Gasteiger partial charge in [-0.05, 0) is 42.5 Å². The molecule has 0 aromatic heterocycles. The Morgan fingerprint density at radius 2 is 1.62 bits per heavy atom. The van der Waals surface area contributed by atoms with Crippen LogP contribution in [0.5, 0.6) is 0 Å². The lowest BCUT2D eigenvalue weighted by molar-refractivity contribution is 0.541. The predicted octanol–water partition coefficient (Wildman–Crippen LogP) is 6.67. The summed E-state index contributed by atoms with van der Waals surface area (Å²) in [5, 5.41) is 8.74. The Bertz CT molecular complexity index is 801. The lowest BCUT2D eigenvalue weighted by atomic mass is 10.0. The molecule has 0 bridgehead atoms. The third kappa shape index (κ3) is 5.49. The second kappa shape index (κ2) is 9.82. The van der Waals surface area contributed by atoms with E-state index in [1.54, 1.807) is 36.4 Å². The monoisotopic (exact) mass is 357 g/mol. The number of benzene rings is 2. The predicted molar refractivity (Wildman–Crippen MR) is 98.2 cm³/mol. The molecule has 0 N–H and O–H groups in total. The van der Waals surface area contributed by atoms with Gasteiger partial charge in [0.25, 0.3) is 0 Å². The SMILES string of the molecule is CCCCCC(F)=C(F)c1ccc(CCc2ccc(C#N)c(F)c2)cc1. The maximum absolute atomic E-state index is 14.1. The van der Waals surface area contributed by atoms with Gasteiger partial charge in [-0.25, -0.2) is 13.2 Å². The first kappa shape index (κ1) is 19.8. The van der Waals surface area contributed by atoms with Gasteiger partial charge in [0.2, 0.25) is 0 Å². The normalized spacial score (nSPS) is 11.8. The van der Waals surface area contributed by atoms with Gasteiger partial charge in [-0.2, -0.15) is 5.26 Å². The molecule has 0 atom stereocenters. The van der Waals surface area contributed by atoms with E-state index in [9.17, 15) is 13.2 Å². The summed E-state index contributed by atoms with van der Waals surface area (Å²) in [6.45, 7) is 2.02. The molecule has 0 unspecified atom stereocenters. The molecule has 2 rings (SSSR count). The van der Waals surface area contributed by atoms with E-state index >= 15 is 0 Å². The van der Waals surface area contributed by atoms with Crippen molar-refractivity contribution in [1.82, 2.24) is 0 Å². The van der Waals surface area contributed by atoms with Gasteiger partial charge in [-0.3, -0.25) is 0 Å². The molecule has 26 heavy (non-hydrogen) atoms. The van der Waals surface area contributed by atoms with Crippen LogP contribution in [0.1, 0.15) is 54.9 Å². The van der Waals surface area contributed by atoms with Crippen LogP contribution in [0.4, 0.5) is 13.2 Å². The molecule has 0 aliphatic rings. The second-order valence-corrected chi connectivity index (χ2v) is 6.30. The molecule has 0 radical (unpaired) electrons. The molecule has 1 nitrogen and oxygen atoms in total. The molecule has 0 aliphatic carbocycles. The standard InChI is InChI=1S/C22H22F3N/c1-2-3-4-5-20(23)22(25)18-11-8-16(9-12-18)6-7-17-10-13-19(15-26)21(24)14-17/h8-14H,2-7H2,1H3. The summed E-state index contributed by atoms with van der Waals surface area (Å²) in [5.74, 6) is -2.01. The van der Waals surface area contributed by atoms with Crippen LogP contribution < -0.4 is 0 Å². The average molecular weight is 357 g/mol. The summed E-state index contributed by atoms with van der Waals surface area (Å²) in [6.07, 6.45) is 3.88. The van der Waals surface area contributed by atoms with E-state index in [4.69, 9.17) is 5.26 Å². The Morgan fingerprint density at radius 1 is 0.962 bits per heavy atom. The van der Waals surface area contributed by atoms with E-state index in [-0.39, 0.29) is 17.5 Å². The summed E-state index contributed by atoms with van der Waals surface area (Å²) in [7, 11) is 0. The van der Waals surface area contributed by atoms with Crippen LogP contribution in [0.3, 0.4) is 0 Å². The van der Waals surface area contributed by atoms with E-state index in [1.165, 1.54) is 12.1 Å². The quantitative estimate of drug-likeness (QED) is 0.484. The van der Waals surface area contributed by atoms with Crippen LogP contribution in [0.15, 0.2) is 48.3 Å². The number of hydrogen-bond acceptors (Lipinski definition) is 1. The summed E-state index contributed by atoms with van der Waals surface area (Å²) in [6, 6.07) is 13.0. The van der Waals surface area contributed by atoms with E-state index in [2.05, 4.69) is 0 Å². The van der Waals surface area contributed by atoms with Crippen LogP contribution in [0, 0.1) is 17.1 Å². The molecule has 0 aliphatic heterocycles. The highest BCUT2D eigenvalue weighted by Gasteiger charge is 2.09.